The molecule has 2 aromatic rings. The van der Waals surface area contributed by atoms with Crippen molar-refractivity contribution < 1.29 is 28.8 Å². The maximum absolute atomic E-state index is 11.0. The van der Waals surface area contributed by atoms with E-state index in [0.717, 1.165) is 149 Å². The second kappa shape index (κ2) is 21.7. The minimum atomic E-state index is -0.325. The Morgan fingerprint density at radius 3 is 1.59 bits per heavy atom. The third kappa shape index (κ3) is 10.3. The van der Waals surface area contributed by atoms with Crippen molar-refractivity contribution in [2.75, 3.05) is 20.8 Å². The third-order valence-electron chi connectivity index (χ3n) is 22.6. The summed E-state index contributed by atoms with van der Waals surface area (Å²) in [4.78, 5) is 11.0. The molecule has 0 spiro atoms. The van der Waals surface area contributed by atoms with E-state index in [0.29, 0.717) is 17.2 Å². The summed E-state index contributed by atoms with van der Waals surface area (Å²) in [5.74, 6) is 22.8. The molecule has 0 heterocycles. The van der Waals surface area contributed by atoms with Gasteiger partial charge in [-0.05, 0) is 250 Å². The van der Waals surface area contributed by atoms with Crippen LogP contribution in [-0.2, 0) is 22.4 Å². The number of carbonyl (C=O) groups excluding carboxylic acids is 1. The summed E-state index contributed by atoms with van der Waals surface area (Å²) in [5.41, 5.74) is 2.52. The van der Waals surface area contributed by atoms with Crippen LogP contribution >= 0.6 is 0 Å². The van der Waals surface area contributed by atoms with Crippen LogP contribution in [0.15, 0.2) is 97.3 Å². The number of hydrogen-bond acceptors (Lipinski definition) is 6. The second-order valence-corrected chi connectivity index (χ2v) is 26.7. The van der Waals surface area contributed by atoms with Crippen LogP contribution in [0.3, 0.4) is 0 Å². The molecule has 12 bridgehead atoms. The zero-order chi connectivity index (χ0) is 50.6. The lowest BCUT2D eigenvalue weighted by molar-refractivity contribution is -0.132. The Kier molecular flexibility index (Phi) is 14.8. The maximum Gasteiger partial charge on any atom is 0.308 e. The molecular weight excluding hydrogens is 913 g/mol. The predicted octanol–water partition coefficient (Wildman–Crippen LogP) is 15.6. The molecule has 74 heavy (non-hydrogen) atoms. The Balaban J connectivity index is 0.000000100. The normalized spacial score (nSPS) is 40.6. The molecule has 9 fully saturated rings. The molecule has 13 aliphatic rings. The van der Waals surface area contributed by atoms with E-state index < -0.39 is 0 Å². The molecule has 6 nitrogen and oxygen atoms in total. The highest BCUT2D eigenvalue weighted by Gasteiger charge is 2.62. The van der Waals surface area contributed by atoms with Crippen LogP contribution in [0.1, 0.15) is 134 Å². The number of benzene rings is 2. The van der Waals surface area contributed by atoms with Crippen LogP contribution in [0.4, 0.5) is 0 Å². The SMILES string of the molecule is C1=CC2CC1C1C3CC(CCC4CCCCC4)C(C3)C21.C=C(C)OCC1CC2CC1C1C3C=CC(C3)C21.COc1cc(CC2CC3C=CC2C3)ccc1O.COc1cc(CC2CC3C=CC2C3)ccc1OC(C)=O. The standard InChI is InChI=1S/C20H30.C17H20O3.C16H22O.C15H18O2/c1-2-4-13(5-3-1)6-7-14-10-17-12-18(14)20-16-9-8-15(11-16)19(17)20;1-11(18)20-16-6-4-13(10-17(16)19-2)9-15-8-12-3-5-14(15)7-12;1-9(2)17-8-13-6-12-7-14(13)16-11-4-3-10(5-11)15(12)16;1-17-15-9-11(3-5-14(15)16)8-13-7-10-2-4-12(13)6-10/h8-9,13-20H,1-7,10-12H2;3-6,10,12,14-15H,7-9H2,1-2H3;3-4,10-16H,1,5-8H2,2H3;2-5,9-10,12-13,16H,6-8H2,1H3. The van der Waals surface area contributed by atoms with E-state index >= 15 is 0 Å². The fourth-order valence-electron chi connectivity index (χ4n) is 19.8. The van der Waals surface area contributed by atoms with Crippen LogP contribution in [0, 0.1) is 124 Å². The number of fused-ring (bicyclic) bond motifs is 22. The molecule has 9 saturated carbocycles. The fraction of sp³-hybridized carbons (Fsp3) is 0.662. The number of ether oxygens (including phenoxy) is 4. The van der Waals surface area contributed by atoms with Gasteiger partial charge in [0.15, 0.2) is 23.0 Å². The van der Waals surface area contributed by atoms with Crippen molar-refractivity contribution in [1.82, 2.24) is 0 Å². The summed E-state index contributed by atoms with van der Waals surface area (Å²) in [6, 6.07) is 11.6. The number of hydrogen-bond donors (Lipinski definition) is 1. The quantitative estimate of drug-likeness (QED) is 0.0709. The molecule has 0 aromatic heterocycles. The van der Waals surface area contributed by atoms with E-state index in [4.69, 9.17) is 18.9 Å². The van der Waals surface area contributed by atoms with Crippen molar-refractivity contribution in [3.05, 3.63) is 108 Å². The molecule has 13 aliphatic carbocycles. The van der Waals surface area contributed by atoms with Gasteiger partial charge in [0, 0.05) is 6.92 Å². The topological polar surface area (TPSA) is 74.2 Å². The molecule has 6 heteroatoms. The predicted molar refractivity (Wildman–Crippen MR) is 295 cm³/mol. The fourth-order valence-corrected chi connectivity index (χ4v) is 19.8. The Hall–Kier alpha value is -4.19. The van der Waals surface area contributed by atoms with E-state index in [-0.39, 0.29) is 11.7 Å². The van der Waals surface area contributed by atoms with Crippen molar-refractivity contribution in [3.8, 4) is 23.0 Å². The van der Waals surface area contributed by atoms with Crippen LogP contribution in [0.5, 0.6) is 23.0 Å². The van der Waals surface area contributed by atoms with Crippen LogP contribution in [0.2, 0.25) is 0 Å². The highest BCUT2D eigenvalue weighted by molar-refractivity contribution is 5.70. The first-order valence-electron chi connectivity index (χ1n) is 30.3. The van der Waals surface area contributed by atoms with Gasteiger partial charge in [0.1, 0.15) is 0 Å². The first-order chi connectivity index (χ1) is 36.0. The van der Waals surface area contributed by atoms with Gasteiger partial charge in [-0.3, -0.25) is 4.79 Å². The van der Waals surface area contributed by atoms with E-state index in [1.54, 1.807) is 58.8 Å². The lowest BCUT2D eigenvalue weighted by Gasteiger charge is -2.37. The number of carbonyl (C=O) groups is 1. The molecular formula is C68H90O6. The Labute approximate surface area is 445 Å². The molecule has 2 aromatic carbocycles. The highest BCUT2D eigenvalue weighted by Crippen LogP contribution is 2.68. The van der Waals surface area contributed by atoms with Gasteiger partial charge in [-0.25, -0.2) is 0 Å². The van der Waals surface area contributed by atoms with Gasteiger partial charge in [-0.15, -0.1) is 0 Å². The van der Waals surface area contributed by atoms with Gasteiger partial charge in [0.2, 0.25) is 0 Å². The number of esters is 1. The van der Waals surface area contributed by atoms with Crippen molar-refractivity contribution >= 4 is 5.97 Å². The minimum Gasteiger partial charge on any atom is -0.504 e. The zero-order valence-electron chi connectivity index (χ0n) is 45.5. The Morgan fingerprint density at radius 2 is 1.07 bits per heavy atom. The van der Waals surface area contributed by atoms with Crippen molar-refractivity contribution in [2.45, 2.75) is 136 Å². The van der Waals surface area contributed by atoms with E-state index in [1.807, 2.05) is 37.3 Å². The van der Waals surface area contributed by atoms with Gasteiger partial charge in [0.05, 0.1) is 26.6 Å². The number of aromatic hydroxyl groups is 1. The summed E-state index contributed by atoms with van der Waals surface area (Å²) < 4.78 is 21.3. The van der Waals surface area contributed by atoms with Gasteiger partial charge >= 0.3 is 5.97 Å². The third-order valence-corrected chi connectivity index (χ3v) is 22.6. The summed E-state index contributed by atoms with van der Waals surface area (Å²) in [6.07, 6.45) is 47.2. The number of methoxy groups -OCH3 is 2. The number of allylic oxidation sites excluding steroid dienone is 9. The van der Waals surface area contributed by atoms with Crippen molar-refractivity contribution in [2.24, 2.45) is 124 Å². The smallest absolute Gasteiger partial charge is 0.308 e. The molecule has 0 saturated heterocycles. The lowest BCUT2D eigenvalue weighted by atomic mass is 9.68. The van der Waals surface area contributed by atoms with Gasteiger partial charge in [0.25, 0.3) is 0 Å². The number of rotatable bonds is 13. The average molecular weight is 1000 g/mol. The molecule has 0 amide bonds. The second-order valence-electron chi connectivity index (χ2n) is 26.7. The minimum absolute atomic E-state index is 0.226. The molecule has 1 N–H and O–H groups in total. The number of phenols is 1. The average Bonchev–Trinajstić information content (AvgIpc) is 4.26. The molecule has 398 valence electrons. The largest absolute Gasteiger partial charge is 0.504 e. The van der Waals surface area contributed by atoms with Crippen molar-refractivity contribution in [3.63, 3.8) is 0 Å². The Bertz CT molecular complexity index is 2460. The van der Waals surface area contributed by atoms with Gasteiger partial charge < -0.3 is 24.1 Å². The first kappa shape index (κ1) is 50.6. The monoisotopic (exact) mass is 1000 g/mol. The number of phenolic OH excluding ortho intramolecular Hbond substituents is 1. The van der Waals surface area contributed by atoms with Crippen molar-refractivity contribution in [1.29, 1.82) is 0 Å². The maximum atomic E-state index is 11.0. The van der Waals surface area contributed by atoms with Gasteiger partial charge in [-0.1, -0.05) is 106 Å². The van der Waals surface area contributed by atoms with E-state index in [1.165, 1.54) is 88.7 Å². The first-order valence-corrected chi connectivity index (χ1v) is 30.3. The van der Waals surface area contributed by atoms with E-state index in [2.05, 4.69) is 55.2 Å². The van der Waals surface area contributed by atoms with Crippen LogP contribution in [-0.4, -0.2) is 31.9 Å². The summed E-state index contributed by atoms with van der Waals surface area (Å²) >= 11 is 0. The molecule has 20 unspecified atom stereocenters. The molecule has 15 rings (SSSR count). The molecule has 20 atom stereocenters. The van der Waals surface area contributed by atoms with Crippen LogP contribution in [0.25, 0.3) is 0 Å². The summed E-state index contributed by atoms with van der Waals surface area (Å²) in [7, 11) is 3.20. The van der Waals surface area contributed by atoms with Crippen LogP contribution < -0.4 is 14.2 Å². The zero-order valence-corrected chi connectivity index (χ0v) is 45.5. The molecule has 0 aliphatic heterocycles. The molecule has 0 radical (unpaired) electrons. The highest BCUT2D eigenvalue weighted by atomic mass is 16.6. The van der Waals surface area contributed by atoms with Gasteiger partial charge in [-0.2, -0.15) is 0 Å². The summed E-state index contributed by atoms with van der Waals surface area (Å²) in [6.45, 7) is 8.15. The van der Waals surface area contributed by atoms with E-state index in [9.17, 15) is 9.90 Å². The Morgan fingerprint density at radius 1 is 0.541 bits per heavy atom. The summed E-state index contributed by atoms with van der Waals surface area (Å²) in [5, 5.41) is 9.56. The lowest BCUT2D eigenvalue weighted by Crippen LogP contribution is -2.32.